The normalized spacial score (nSPS) is 10.5. The van der Waals surface area contributed by atoms with Gasteiger partial charge in [0, 0.05) is 18.3 Å². The zero-order valence-corrected chi connectivity index (χ0v) is 12.2. The molecular formula is C14H18N2O2S. The van der Waals surface area contributed by atoms with Crippen molar-refractivity contribution in [1.82, 2.24) is 10.3 Å². The lowest BCUT2D eigenvalue weighted by Gasteiger charge is -2.08. The Hall–Kier alpha value is -1.59. The van der Waals surface area contributed by atoms with Crippen LogP contribution in [0.1, 0.15) is 16.3 Å². The van der Waals surface area contributed by atoms with Crippen molar-refractivity contribution in [2.75, 3.05) is 21.3 Å². The minimum absolute atomic E-state index is 0.751. The number of hydrogen-bond acceptors (Lipinski definition) is 5. The number of aromatic nitrogens is 1. The second-order valence-corrected chi connectivity index (χ2v) is 5.07. The van der Waals surface area contributed by atoms with Gasteiger partial charge < -0.3 is 14.8 Å². The van der Waals surface area contributed by atoms with Gasteiger partial charge in [0.2, 0.25) is 0 Å². The summed E-state index contributed by atoms with van der Waals surface area (Å²) >= 11 is 1.68. The highest BCUT2D eigenvalue weighted by atomic mass is 32.1. The number of nitrogens with one attached hydrogen (secondary N) is 1. The molecule has 0 atom stereocenters. The van der Waals surface area contributed by atoms with Gasteiger partial charge >= 0.3 is 0 Å². The van der Waals surface area contributed by atoms with Crippen LogP contribution in [0.15, 0.2) is 23.6 Å². The third-order valence-electron chi connectivity index (χ3n) is 2.76. The third-order valence-corrected chi connectivity index (χ3v) is 3.66. The fraction of sp³-hybridized carbons (Fsp3) is 0.357. The van der Waals surface area contributed by atoms with Gasteiger partial charge in [0.1, 0.15) is 0 Å². The molecule has 1 heterocycles. The molecular weight excluding hydrogens is 260 g/mol. The van der Waals surface area contributed by atoms with Crippen LogP contribution in [0.4, 0.5) is 0 Å². The highest BCUT2D eigenvalue weighted by Gasteiger charge is 2.07. The molecule has 2 rings (SSSR count). The van der Waals surface area contributed by atoms with E-state index in [2.05, 4.69) is 15.7 Å². The van der Waals surface area contributed by atoms with Crippen LogP contribution < -0.4 is 14.8 Å². The molecule has 0 spiro atoms. The van der Waals surface area contributed by atoms with E-state index < -0.39 is 0 Å². The summed E-state index contributed by atoms with van der Waals surface area (Å²) in [5.41, 5.74) is 2.26. The maximum Gasteiger partial charge on any atom is 0.160 e. The van der Waals surface area contributed by atoms with Crippen molar-refractivity contribution in [3.05, 3.63) is 39.8 Å². The number of nitrogens with zero attached hydrogens (tertiary/aromatic N) is 1. The summed E-state index contributed by atoms with van der Waals surface area (Å²) in [7, 11) is 5.21. The van der Waals surface area contributed by atoms with E-state index in [1.807, 2.05) is 25.2 Å². The number of hydrogen-bond donors (Lipinski definition) is 1. The predicted octanol–water partition coefficient (Wildman–Crippen LogP) is 2.47. The smallest absolute Gasteiger partial charge is 0.160 e. The molecule has 1 N–H and O–H groups in total. The van der Waals surface area contributed by atoms with Gasteiger partial charge in [-0.25, -0.2) is 4.98 Å². The number of methoxy groups -OCH3 is 2. The van der Waals surface area contributed by atoms with Gasteiger partial charge in [0.15, 0.2) is 11.5 Å². The number of rotatable bonds is 6. The summed E-state index contributed by atoms with van der Waals surface area (Å²) in [6.45, 7) is 0.808. The zero-order chi connectivity index (χ0) is 13.7. The first-order valence-corrected chi connectivity index (χ1v) is 6.93. The Bertz CT molecular complexity index is 540. The van der Waals surface area contributed by atoms with Crippen molar-refractivity contribution in [1.29, 1.82) is 0 Å². The van der Waals surface area contributed by atoms with Crippen molar-refractivity contribution in [2.24, 2.45) is 0 Å². The molecule has 4 nitrogen and oxygen atoms in total. The van der Waals surface area contributed by atoms with Crippen LogP contribution in [0.25, 0.3) is 0 Å². The van der Waals surface area contributed by atoms with Gasteiger partial charge in [0.05, 0.1) is 24.9 Å². The topological polar surface area (TPSA) is 43.4 Å². The van der Waals surface area contributed by atoms with E-state index >= 15 is 0 Å². The Morgan fingerprint density at radius 3 is 2.68 bits per heavy atom. The van der Waals surface area contributed by atoms with Crippen LogP contribution in [-0.4, -0.2) is 26.3 Å². The minimum Gasteiger partial charge on any atom is -0.493 e. The summed E-state index contributed by atoms with van der Waals surface area (Å²) in [5, 5.41) is 6.30. The van der Waals surface area contributed by atoms with E-state index in [1.165, 1.54) is 5.56 Å². The molecule has 102 valence electrons. The summed E-state index contributed by atoms with van der Waals surface area (Å²) in [6.07, 6.45) is 0.814. The molecule has 0 fully saturated rings. The first-order chi connectivity index (χ1) is 9.26. The summed E-state index contributed by atoms with van der Waals surface area (Å²) in [4.78, 5) is 4.58. The molecule has 0 amide bonds. The Labute approximate surface area is 117 Å². The fourth-order valence-electron chi connectivity index (χ4n) is 1.86. The second kappa shape index (κ2) is 6.54. The lowest BCUT2D eigenvalue weighted by atomic mass is 10.1. The second-order valence-electron chi connectivity index (χ2n) is 4.13. The van der Waals surface area contributed by atoms with Crippen molar-refractivity contribution < 1.29 is 9.47 Å². The highest BCUT2D eigenvalue weighted by Crippen LogP contribution is 2.28. The minimum atomic E-state index is 0.751. The number of ether oxygens (including phenoxy) is 2. The maximum atomic E-state index is 5.31. The van der Waals surface area contributed by atoms with E-state index in [0.717, 1.165) is 35.2 Å². The molecule has 5 heteroatoms. The van der Waals surface area contributed by atoms with Gasteiger partial charge in [0.25, 0.3) is 0 Å². The van der Waals surface area contributed by atoms with Crippen LogP contribution in [-0.2, 0) is 13.0 Å². The van der Waals surface area contributed by atoms with Gasteiger partial charge in [-0.2, -0.15) is 0 Å². The molecule has 1 aromatic heterocycles. The van der Waals surface area contributed by atoms with E-state index in [1.54, 1.807) is 25.6 Å². The SMILES string of the molecule is CNCc1csc(Cc2ccc(OC)c(OC)c2)n1. The maximum absolute atomic E-state index is 5.31. The van der Waals surface area contributed by atoms with Crippen LogP contribution in [0.2, 0.25) is 0 Å². The Balaban J connectivity index is 2.13. The van der Waals surface area contributed by atoms with Crippen LogP contribution in [0, 0.1) is 0 Å². The monoisotopic (exact) mass is 278 g/mol. The Morgan fingerprint density at radius 2 is 2.00 bits per heavy atom. The van der Waals surface area contributed by atoms with Crippen LogP contribution in [0.3, 0.4) is 0 Å². The van der Waals surface area contributed by atoms with Crippen LogP contribution in [0.5, 0.6) is 11.5 Å². The first kappa shape index (κ1) is 13.8. The van der Waals surface area contributed by atoms with Gasteiger partial charge in [-0.3, -0.25) is 0 Å². The first-order valence-electron chi connectivity index (χ1n) is 6.05. The van der Waals surface area contributed by atoms with E-state index in [9.17, 15) is 0 Å². The predicted molar refractivity (Wildman–Crippen MR) is 77.2 cm³/mol. The Kier molecular flexibility index (Phi) is 4.76. The van der Waals surface area contributed by atoms with E-state index in [0.29, 0.717) is 0 Å². The van der Waals surface area contributed by atoms with Crippen molar-refractivity contribution in [3.8, 4) is 11.5 Å². The molecule has 0 saturated carbocycles. The average Bonchev–Trinajstić information content (AvgIpc) is 2.86. The summed E-state index contributed by atoms with van der Waals surface area (Å²) in [5.74, 6) is 1.51. The third kappa shape index (κ3) is 3.45. The summed E-state index contributed by atoms with van der Waals surface area (Å²) in [6, 6.07) is 5.97. The molecule has 0 aliphatic rings. The molecule has 1 aromatic carbocycles. The van der Waals surface area contributed by atoms with E-state index in [4.69, 9.17) is 9.47 Å². The van der Waals surface area contributed by atoms with Crippen LogP contribution >= 0.6 is 11.3 Å². The van der Waals surface area contributed by atoms with E-state index in [-0.39, 0.29) is 0 Å². The zero-order valence-electron chi connectivity index (χ0n) is 11.4. The number of benzene rings is 1. The molecule has 0 radical (unpaired) electrons. The van der Waals surface area contributed by atoms with Crippen molar-refractivity contribution in [3.63, 3.8) is 0 Å². The fourth-order valence-corrected chi connectivity index (χ4v) is 2.69. The molecule has 0 unspecified atom stereocenters. The standard InChI is InChI=1S/C14H18N2O2S/c1-15-8-11-9-19-14(16-11)7-10-4-5-12(17-2)13(6-10)18-3/h4-6,9,15H,7-8H2,1-3H3. The van der Waals surface area contributed by atoms with Gasteiger partial charge in [-0.15, -0.1) is 11.3 Å². The van der Waals surface area contributed by atoms with Gasteiger partial charge in [-0.1, -0.05) is 6.07 Å². The molecule has 0 aliphatic heterocycles. The average molecular weight is 278 g/mol. The van der Waals surface area contributed by atoms with Gasteiger partial charge in [-0.05, 0) is 24.7 Å². The number of thiazole rings is 1. The molecule has 0 bridgehead atoms. The Morgan fingerprint density at radius 1 is 1.21 bits per heavy atom. The molecule has 0 aliphatic carbocycles. The lowest BCUT2D eigenvalue weighted by molar-refractivity contribution is 0.354. The molecule has 0 saturated heterocycles. The molecule has 19 heavy (non-hydrogen) atoms. The quantitative estimate of drug-likeness (QED) is 0.881. The van der Waals surface area contributed by atoms with Crippen molar-refractivity contribution in [2.45, 2.75) is 13.0 Å². The highest BCUT2D eigenvalue weighted by molar-refractivity contribution is 7.09. The largest absolute Gasteiger partial charge is 0.493 e. The molecule has 2 aromatic rings. The summed E-state index contributed by atoms with van der Waals surface area (Å²) < 4.78 is 10.5. The lowest BCUT2D eigenvalue weighted by Crippen LogP contribution is -2.05. The van der Waals surface area contributed by atoms with Crippen molar-refractivity contribution >= 4 is 11.3 Å².